The predicted octanol–water partition coefficient (Wildman–Crippen LogP) is -1.08. The van der Waals surface area contributed by atoms with Crippen LogP contribution in [0.4, 0.5) is 0 Å². The number of H-pyrrole nitrogens is 1. The van der Waals surface area contributed by atoms with E-state index < -0.39 is 47.9 Å². The molecule has 0 saturated carbocycles. The van der Waals surface area contributed by atoms with Gasteiger partial charge in [0.05, 0.1) is 12.4 Å². The number of nitrogens with zero attached hydrogens (tertiary/aromatic N) is 1. The largest absolute Gasteiger partial charge is 0.480 e. The summed E-state index contributed by atoms with van der Waals surface area (Å²) in [6.07, 6.45) is 5.17. The molecular formula is C21H37N7O5S. The Morgan fingerprint density at radius 1 is 1.09 bits per heavy atom. The van der Waals surface area contributed by atoms with E-state index in [9.17, 15) is 24.3 Å². The molecule has 12 nitrogen and oxygen atoms in total. The first-order valence-electron chi connectivity index (χ1n) is 11.3. The number of hydrogen-bond acceptors (Lipinski definition) is 8. The third-order valence-corrected chi connectivity index (χ3v) is 5.91. The van der Waals surface area contributed by atoms with Gasteiger partial charge in [0.2, 0.25) is 17.7 Å². The number of nitrogens with two attached hydrogens (primary N) is 2. The molecule has 1 aromatic heterocycles. The average molecular weight is 500 g/mol. The van der Waals surface area contributed by atoms with Crippen molar-refractivity contribution in [2.24, 2.45) is 17.4 Å². The molecule has 1 heterocycles. The lowest BCUT2D eigenvalue weighted by Crippen LogP contribution is -2.58. The Hall–Kier alpha value is -2.64. The molecule has 9 N–H and O–H groups in total. The highest BCUT2D eigenvalue weighted by molar-refractivity contribution is 7.80. The van der Waals surface area contributed by atoms with Crippen molar-refractivity contribution < 1.29 is 24.3 Å². The molecule has 13 heteroatoms. The summed E-state index contributed by atoms with van der Waals surface area (Å²) in [6.45, 7) is 4.19. The van der Waals surface area contributed by atoms with Gasteiger partial charge in [-0.1, -0.05) is 20.3 Å². The number of nitrogens with one attached hydrogen (secondary N) is 4. The second kappa shape index (κ2) is 15.3. The van der Waals surface area contributed by atoms with Gasteiger partial charge < -0.3 is 37.5 Å². The minimum Gasteiger partial charge on any atom is -0.480 e. The molecule has 3 amide bonds. The van der Waals surface area contributed by atoms with E-state index in [0.29, 0.717) is 37.9 Å². The van der Waals surface area contributed by atoms with Crippen LogP contribution in [0.15, 0.2) is 12.5 Å². The number of aromatic nitrogens is 2. The predicted molar refractivity (Wildman–Crippen MR) is 130 cm³/mol. The van der Waals surface area contributed by atoms with E-state index in [4.69, 9.17) is 11.5 Å². The smallest absolute Gasteiger partial charge is 0.327 e. The standard InChI is InChI=1S/C21H37N7O5S/c1-3-12(2)17(23)20(31)26-14(6-4-5-7-22)18(29)27-15(8-13-9-24-11-25-13)19(30)28-16(10-34)21(32)33/h9,11-12,14-17,34H,3-8,10,22-23H2,1-2H3,(H,24,25)(H,26,31)(H,27,29)(H,28,30)(H,32,33). The number of carboxylic acid groups (broad SMARTS) is 1. The molecule has 1 rings (SSSR count). The number of rotatable bonds is 16. The summed E-state index contributed by atoms with van der Waals surface area (Å²) >= 11 is 3.95. The van der Waals surface area contributed by atoms with Crippen LogP contribution in [0.3, 0.4) is 0 Å². The topological polar surface area (TPSA) is 205 Å². The van der Waals surface area contributed by atoms with Crippen LogP contribution in [-0.4, -0.2) is 75.2 Å². The Labute approximate surface area is 204 Å². The van der Waals surface area contributed by atoms with Gasteiger partial charge in [0.15, 0.2) is 0 Å². The van der Waals surface area contributed by atoms with Gasteiger partial charge in [0.25, 0.3) is 0 Å². The van der Waals surface area contributed by atoms with E-state index in [1.54, 1.807) is 0 Å². The van der Waals surface area contributed by atoms with Crippen LogP contribution in [0.5, 0.6) is 0 Å². The van der Waals surface area contributed by atoms with Crippen molar-refractivity contribution in [3.8, 4) is 0 Å². The van der Waals surface area contributed by atoms with Gasteiger partial charge >= 0.3 is 5.97 Å². The number of aliphatic carboxylic acids is 1. The summed E-state index contributed by atoms with van der Waals surface area (Å²) < 4.78 is 0. The fourth-order valence-corrected chi connectivity index (χ4v) is 3.34. The summed E-state index contributed by atoms with van der Waals surface area (Å²) in [4.78, 5) is 56.6. The first-order valence-corrected chi connectivity index (χ1v) is 11.9. The quantitative estimate of drug-likeness (QED) is 0.103. The molecule has 0 spiro atoms. The molecule has 0 aliphatic rings. The van der Waals surface area contributed by atoms with E-state index in [0.717, 1.165) is 0 Å². The lowest BCUT2D eigenvalue weighted by atomic mass is 9.98. The van der Waals surface area contributed by atoms with Gasteiger partial charge in [-0.3, -0.25) is 14.4 Å². The molecule has 0 aliphatic carbocycles. The third kappa shape index (κ3) is 9.69. The number of aromatic amines is 1. The van der Waals surface area contributed by atoms with E-state index in [1.165, 1.54) is 12.5 Å². The van der Waals surface area contributed by atoms with Crippen LogP contribution >= 0.6 is 12.6 Å². The minimum absolute atomic E-state index is 0.0341. The summed E-state index contributed by atoms with van der Waals surface area (Å²) in [6, 6.07) is -4.07. The van der Waals surface area contributed by atoms with Crippen molar-refractivity contribution in [1.82, 2.24) is 25.9 Å². The maximum Gasteiger partial charge on any atom is 0.327 e. The lowest BCUT2D eigenvalue weighted by Gasteiger charge is -2.26. The third-order valence-electron chi connectivity index (χ3n) is 5.55. The van der Waals surface area contributed by atoms with E-state index in [2.05, 4.69) is 38.5 Å². The fourth-order valence-electron chi connectivity index (χ4n) is 3.10. The van der Waals surface area contributed by atoms with Crippen LogP contribution < -0.4 is 27.4 Å². The fraction of sp³-hybridized carbons (Fsp3) is 0.667. The molecule has 0 bridgehead atoms. The average Bonchev–Trinajstić information content (AvgIpc) is 3.33. The van der Waals surface area contributed by atoms with Crippen LogP contribution in [0.2, 0.25) is 0 Å². The van der Waals surface area contributed by atoms with Crippen LogP contribution in [0.1, 0.15) is 45.2 Å². The summed E-state index contributed by atoms with van der Waals surface area (Å²) in [5.74, 6) is -3.21. The van der Waals surface area contributed by atoms with Crippen LogP contribution in [-0.2, 0) is 25.6 Å². The zero-order valence-corrected chi connectivity index (χ0v) is 20.5. The summed E-state index contributed by atoms with van der Waals surface area (Å²) in [5, 5.41) is 16.9. The molecule has 1 aromatic rings. The number of carbonyl (C=O) groups is 4. The van der Waals surface area contributed by atoms with Gasteiger partial charge in [-0.05, 0) is 31.7 Å². The first-order chi connectivity index (χ1) is 16.1. The molecular weight excluding hydrogens is 462 g/mol. The second-order valence-electron chi connectivity index (χ2n) is 8.18. The maximum atomic E-state index is 13.1. The number of hydrogen-bond donors (Lipinski definition) is 8. The van der Waals surface area contributed by atoms with Crippen LogP contribution in [0.25, 0.3) is 0 Å². The number of carbonyl (C=O) groups excluding carboxylic acids is 3. The van der Waals surface area contributed by atoms with Crippen molar-refractivity contribution in [1.29, 1.82) is 0 Å². The summed E-state index contributed by atoms with van der Waals surface area (Å²) in [7, 11) is 0. The Kier molecular flexibility index (Phi) is 13.2. The molecule has 0 fully saturated rings. The molecule has 0 saturated heterocycles. The Balaban J connectivity index is 3.03. The Morgan fingerprint density at radius 3 is 2.24 bits per heavy atom. The van der Waals surface area contributed by atoms with Gasteiger partial charge in [0.1, 0.15) is 18.1 Å². The number of unbranched alkanes of at least 4 members (excludes halogenated alkanes) is 1. The SMILES string of the molecule is CCC(C)C(N)C(=O)NC(CCCCN)C(=O)NC(Cc1cnc[nH]1)C(=O)NC(CS)C(=O)O. The number of thiol groups is 1. The zero-order chi connectivity index (χ0) is 25.7. The summed E-state index contributed by atoms with van der Waals surface area (Å²) in [5.41, 5.74) is 12.1. The van der Waals surface area contributed by atoms with E-state index >= 15 is 0 Å². The first kappa shape index (κ1) is 29.4. The molecule has 34 heavy (non-hydrogen) atoms. The normalized spacial score (nSPS) is 15.4. The molecule has 0 aliphatic heterocycles. The maximum absolute atomic E-state index is 13.1. The van der Waals surface area contributed by atoms with Gasteiger partial charge in [-0.15, -0.1) is 0 Å². The second-order valence-corrected chi connectivity index (χ2v) is 8.55. The Morgan fingerprint density at radius 2 is 1.71 bits per heavy atom. The van der Waals surface area contributed by atoms with Gasteiger partial charge in [-0.2, -0.15) is 12.6 Å². The molecule has 192 valence electrons. The molecule has 0 radical (unpaired) electrons. The van der Waals surface area contributed by atoms with Gasteiger partial charge in [-0.25, -0.2) is 9.78 Å². The molecule has 0 aromatic carbocycles. The van der Waals surface area contributed by atoms with Crippen LogP contribution in [0, 0.1) is 5.92 Å². The van der Waals surface area contributed by atoms with E-state index in [-0.39, 0.29) is 18.1 Å². The lowest BCUT2D eigenvalue weighted by molar-refractivity contribution is -0.141. The van der Waals surface area contributed by atoms with E-state index in [1.807, 2.05) is 13.8 Å². The Bertz CT molecular complexity index is 792. The van der Waals surface area contributed by atoms with Crippen molar-refractivity contribution in [2.45, 2.75) is 70.1 Å². The van der Waals surface area contributed by atoms with Gasteiger partial charge in [0, 0.05) is 24.1 Å². The number of amides is 3. The molecule has 5 atom stereocenters. The molecule has 5 unspecified atom stereocenters. The minimum atomic E-state index is -1.25. The monoisotopic (exact) mass is 499 g/mol. The van der Waals surface area contributed by atoms with Crippen molar-refractivity contribution in [3.05, 3.63) is 18.2 Å². The van der Waals surface area contributed by atoms with Crippen molar-refractivity contribution in [2.75, 3.05) is 12.3 Å². The highest BCUT2D eigenvalue weighted by Gasteiger charge is 2.31. The number of carboxylic acids is 1. The zero-order valence-electron chi connectivity index (χ0n) is 19.6. The van der Waals surface area contributed by atoms with Crippen molar-refractivity contribution >= 4 is 36.3 Å². The number of imidazole rings is 1. The van der Waals surface area contributed by atoms with Crippen molar-refractivity contribution in [3.63, 3.8) is 0 Å². The highest BCUT2D eigenvalue weighted by atomic mass is 32.1. The highest BCUT2D eigenvalue weighted by Crippen LogP contribution is 2.08.